The van der Waals surface area contributed by atoms with E-state index in [1.165, 1.54) is 61.0 Å². The van der Waals surface area contributed by atoms with E-state index in [0.29, 0.717) is 0 Å². The molecule has 2 aliphatic heterocycles. The van der Waals surface area contributed by atoms with Gasteiger partial charge in [0.15, 0.2) is 7.28 Å². The summed E-state index contributed by atoms with van der Waals surface area (Å²) in [6, 6.07) is 68.3. The zero-order valence-electron chi connectivity index (χ0n) is 33.0. The number of furan rings is 1. The first-order valence-corrected chi connectivity index (χ1v) is 20.5. The second-order valence-corrected chi connectivity index (χ2v) is 16.6. The average molecular weight is 755 g/mol. The van der Waals surface area contributed by atoms with Crippen molar-refractivity contribution in [3.8, 4) is 33.4 Å². The summed E-state index contributed by atoms with van der Waals surface area (Å²) in [7, 11) is 0.784. The predicted octanol–water partition coefficient (Wildman–Crippen LogP) is 13.3. The third-order valence-corrected chi connectivity index (χ3v) is 12.8. The molecule has 10 aromatic rings. The van der Waals surface area contributed by atoms with Gasteiger partial charge in [-0.2, -0.15) is 0 Å². The molecule has 3 heterocycles. The van der Waals surface area contributed by atoms with Gasteiger partial charge in [-0.15, -0.1) is 0 Å². The summed E-state index contributed by atoms with van der Waals surface area (Å²) in [6.45, 7) is 4.78. The Morgan fingerprint density at radius 3 is 1.95 bits per heavy atom. The Morgan fingerprint density at radius 1 is 0.525 bits per heavy atom. The molecule has 4 heteroatoms. The molecule has 2 aliphatic rings. The molecule has 0 spiro atoms. The van der Waals surface area contributed by atoms with Crippen LogP contribution in [-0.2, 0) is 5.41 Å². The van der Waals surface area contributed by atoms with Gasteiger partial charge in [-0.25, -0.2) is 0 Å². The second kappa shape index (κ2) is 12.9. The number of hydrogen-bond acceptors (Lipinski definition) is 3. The van der Waals surface area contributed by atoms with Crippen molar-refractivity contribution in [2.45, 2.75) is 19.3 Å². The molecule has 59 heavy (non-hydrogen) atoms. The monoisotopic (exact) mass is 754 g/mol. The molecule has 0 bridgehead atoms. The lowest BCUT2D eigenvalue weighted by molar-refractivity contribution is 0.633. The number of para-hydroxylation sites is 3. The van der Waals surface area contributed by atoms with Crippen molar-refractivity contribution in [2.24, 2.45) is 0 Å². The zero-order chi connectivity index (χ0) is 39.2. The number of rotatable bonds is 5. The molecule has 0 saturated heterocycles. The highest BCUT2D eigenvalue weighted by Crippen LogP contribution is 2.54. The molecule has 12 rings (SSSR count). The van der Waals surface area contributed by atoms with E-state index >= 15 is 0 Å². The summed E-state index contributed by atoms with van der Waals surface area (Å²) >= 11 is 0. The molecule has 0 radical (unpaired) electrons. The third-order valence-electron chi connectivity index (χ3n) is 12.8. The zero-order valence-corrected chi connectivity index (χ0v) is 33.0. The standard InChI is InChI=1S/C55H39BN2O/c1-55(2)44-24-15-25-46-53(44)58(48-32-37-21-10-9-20-36(37)31-45(48)55)49-33-43-41-22-12-14-27-50(41)59-54(43)51(52(49)56-46)42-23-11-13-26-47(42)57-40-29-38(34-16-5-3-6-17-34)28-39(30-40)35-18-7-4-8-19-35/h3-33,56-57H,1-2H3. The molecule has 9 aromatic carbocycles. The molecule has 0 aliphatic carbocycles. The SMILES string of the molecule is CC1(C)c2cc3ccccc3cc2N2c3cc4c(oc5ccccc54)c(-c4ccccc4Nc4cc(-c5ccccc5)cc(-c5ccccc5)c4)c3Bc3cccc1c32. The van der Waals surface area contributed by atoms with Gasteiger partial charge in [0.05, 0.1) is 5.69 Å². The third kappa shape index (κ3) is 5.23. The minimum atomic E-state index is -0.183. The number of benzene rings is 9. The summed E-state index contributed by atoms with van der Waals surface area (Å²) in [5, 5.41) is 8.70. The van der Waals surface area contributed by atoms with Gasteiger partial charge in [0.2, 0.25) is 0 Å². The smallest absolute Gasteiger partial charge is 0.198 e. The number of nitrogens with one attached hydrogen (secondary N) is 1. The van der Waals surface area contributed by atoms with E-state index in [-0.39, 0.29) is 5.41 Å². The molecule has 278 valence electrons. The number of hydrogen-bond donors (Lipinski definition) is 1. The van der Waals surface area contributed by atoms with E-state index in [2.05, 4.69) is 212 Å². The molecule has 0 saturated carbocycles. The largest absolute Gasteiger partial charge is 0.455 e. The van der Waals surface area contributed by atoms with Crippen LogP contribution in [0.1, 0.15) is 25.0 Å². The van der Waals surface area contributed by atoms with E-state index in [0.717, 1.165) is 62.8 Å². The van der Waals surface area contributed by atoms with Crippen LogP contribution in [-0.4, -0.2) is 7.28 Å². The number of nitrogens with zero attached hydrogens (tertiary/aromatic N) is 1. The first kappa shape index (κ1) is 33.8. The van der Waals surface area contributed by atoms with Crippen LogP contribution in [0.3, 0.4) is 0 Å². The fraction of sp³-hybridized carbons (Fsp3) is 0.0545. The van der Waals surface area contributed by atoms with Crippen molar-refractivity contribution in [3.05, 3.63) is 199 Å². The van der Waals surface area contributed by atoms with E-state index < -0.39 is 0 Å². The fourth-order valence-electron chi connectivity index (χ4n) is 9.93. The normalized spacial score (nSPS) is 13.5. The highest BCUT2D eigenvalue weighted by Gasteiger charge is 2.42. The van der Waals surface area contributed by atoms with Gasteiger partial charge in [-0.1, -0.05) is 159 Å². The molecule has 1 N–H and O–H groups in total. The van der Waals surface area contributed by atoms with Gasteiger partial charge in [0.1, 0.15) is 11.2 Å². The Morgan fingerprint density at radius 2 is 1.19 bits per heavy atom. The minimum absolute atomic E-state index is 0.183. The van der Waals surface area contributed by atoms with Crippen molar-refractivity contribution in [1.82, 2.24) is 0 Å². The second-order valence-electron chi connectivity index (χ2n) is 16.6. The molecule has 0 atom stereocenters. The van der Waals surface area contributed by atoms with Crippen LogP contribution in [0, 0.1) is 0 Å². The summed E-state index contributed by atoms with van der Waals surface area (Å²) in [5.41, 5.74) is 19.6. The molecular formula is C55H39BN2O. The van der Waals surface area contributed by atoms with Crippen LogP contribution in [0.15, 0.2) is 192 Å². The van der Waals surface area contributed by atoms with Gasteiger partial charge in [0.25, 0.3) is 0 Å². The summed E-state index contributed by atoms with van der Waals surface area (Å²) in [5.74, 6) is 0. The van der Waals surface area contributed by atoms with Gasteiger partial charge in [-0.3, -0.25) is 0 Å². The average Bonchev–Trinajstić information content (AvgIpc) is 3.65. The Balaban J connectivity index is 1.11. The Hall–Kier alpha value is -7.30. The Kier molecular flexibility index (Phi) is 7.37. The van der Waals surface area contributed by atoms with E-state index in [9.17, 15) is 0 Å². The predicted molar refractivity (Wildman–Crippen MR) is 250 cm³/mol. The fourth-order valence-corrected chi connectivity index (χ4v) is 9.93. The summed E-state index contributed by atoms with van der Waals surface area (Å²) in [4.78, 5) is 2.58. The van der Waals surface area contributed by atoms with E-state index in [1.54, 1.807) is 0 Å². The summed E-state index contributed by atoms with van der Waals surface area (Å²) in [6.07, 6.45) is 0. The molecule has 3 nitrogen and oxygen atoms in total. The van der Waals surface area contributed by atoms with Gasteiger partial charge < -0.3 is 14.6 Å². The quantitative estimate of drug-likeness (QED) is 0.177. The molecular weight excluding hydrogens is 715 g/mol. The summed E-state index contributed by atoms with van der Waals surface area (Å²) < 4.78 is 6.97. The number of anilines is 5. The highest BCUT2D eigenvalue weighted by molar-refractivity contribution is 6.74. The van der Waals surface area contributed by atoms with Crippen LogP contribution < -0.4 is 21.1 Å². The number of fused-ring (bicyclic) bond motifs is 8. The van der Waals surface area contributed by atoms with E-state index in [1.807, 2.05) is 0 Å². The lowest BCUT2D eigenvalue weighted by atomic mass is 9.55. The van der Waals surface area contributed by atoms with Crippen molar-refractivity contribution in [3.63, 3.8) is 0 Å². The highest BCUT2D eigenvalue weighted by atomic mass is 16.3. The lowest BCUT2D eigenvalue weighted by Gasteiger charge is -2.46. The maximum atomic E-state index is 6.97. The van der Waals surface area contributed by atoms with Gasteiger partial charge in [-0.05, 0) is 98.1 Å². The van der Waals surface area contributed by atoms with Crippen molar-refractivity contribution < 1.29 is 4.42 Å². The maximum Gasteiger partial charge on any atom is 0.198 e. The maximum absolute atomic E-state index is 6.97. The van der Waals surface area contributed by atoms with Crippen molar-refractivity contribution in [2.75, 3.05) is 10.2 Å². The van der Waals surface area contributed by atoms with Crippen LogP contribution in [0.4, 0.5) is 28.4 Å². The Labute approximate surface area is 344 Å². The van der Waals surface area contributed by atoms with Crippen molar-refractivity contribution in [1.29, 1.82) is 0 Å². The topological polar surface area (TPSA) is 28.4 Å². The lowest BCUT2D eigenvalue weighted by Crippen LogP contribution is -2.45. The molecule has 0 fully saturated rings. The first-order chi connectivity index (χ1) is 29.0. The Bertz CT molecular complexity index is 3250. The van der Waals surface area contributed by atoms with Crippen LogP contribution in [0.5, 0.6) is 0 Å². The van der Waals surface area contributed by atoms with Gasteiger partial charge in [0, 0.05) is 50.1 Å². The van der Waals surface area contributed by atoms with Crippen LogP contribution in [0.25, 0.3) is 66.1 Å². The molecule has 0 amide bonds. The minimum Gasteiger partial charge on any atom is -0.455 e. The van der Waals surface area contributed by atoms with Gasteiger partial charge >= 0.3 is 0 Å². The molecule has 1 aromatic heterocycles. The van der Waals surface area contributed by atoms with Crippen LogP contribution >= 0.6 is 0 Å². The van der Waals surface area contributed by atoms with Crippen LogP contribution in [0.2, 0.25) is 0 Å². The first-order valence-electron chi connectivity index (χ1n) is 20.5. The molecule has 0 unspecified atom stereocenters. The van der Waals surface area contributed by atoms with E-state index in [4.69, 9.17) is 4.42 Å². The van der Waals surface area contributed by atoms with Crippen molar-refractivity contribution >= 4 is 79.4 Å².